The first-order valence-electron chi connectivity index (χ1n) is 10.1. The third kappa shape index (κ3) is 4.29. The fourth-order valence-corrected chi connectivity index (χ4v) is 3.30. The number of hydrogen-bond acceptors (Lipinski definition) is 9. The maximum Gasteiger partial charge on any atom is 0.343 e. The molecule has 0 saturated heterocycles. The van der Waals surface area contributed by atoms with Crippen LogP contribution in [0.2, 0.25) is 0 Å². The van der Waals surface area contributed by atoms with Crippen molar-refractivity contribution in [2.75, 3.05) is 20.7 Å². The Balaban J connectivity index is 1.24. The van der Waals surface area contributed by atoms with Crippen molar-refractivity contribution in [3.8, 4) is 34.5 Å². The number of hydrazone groups is 1. The molecule has 0 aromatic heterocycles. The predicted molar refractivity (Wildman–Crippen MR) is 118 cm³/mol. The van der Waals surface area contributed by atoms with Crippen molar-refractivity contribution in [2.24, 2.45) is 5.10 Å². The molecule has 10 nitrogen and oxygen atoms in total. The van der Waals surface area contributed by atoms with Crippen molar-refractivity contribution >= 4 is 18.1 Å². The number of esters is 1. The summed E-state index contributed by atoms with van der Waals surface area (Å²) in [7, 11) is 1.45. The number of nitrogens with one attached hydrogen (secondary N) is 1. The van der Waals surface area contributed by atoms with Crippen molar-refractivity contribution in [1.82, 2.24) is 5.43 Å². The number of nitrogens with zero attached hydrogens (tertiary/aromatic N) is 1. The lowest BCUT2D eigenvalue weighted by Gasteiger charge is -2.10. The Bertz CT molecular complexity index is 1300. The highest BCUT2D eigenvalue weighted by molar-refractivity contribution is 5.96. The first-order chi connectivity index (χ1) is 16.6. The molecule has 0 radical (unpaired) electrons. The molecule has 5 rings (SSSR count). The summed E-state index contributed by atoms with van der Waals surface area (Å²) in [5, 5.41) is 3.97. The monoisotopic (exact) mass is 462 g/mol. The fraction of sp³-hybridized carbons (Fsp3) is 0.125. The van der Waals surface area contributed by atoms with Crippen LogP contribution in [0.25, 0.3) is 0 Å². The second-order valence-electron chi connectivity index (χ2n) is 7.14. The molecule has 1 amide bonds. The van der Waals surface area contributed by atoms with Gasteiger partial charge < -0.3 is 28.4 Å². The molecule has 0 spiro atoms. The minimum Gasteiger partial charge on any atom is -0.493 e. The van der Waals surface area contributed by atoms with E-state index in [1.807, 2.05) is 0 Å². The first-order valence-corrected chi connectivity index (χ1v) is 10.1. The summed E-state index contributed by atoms with van der Waals surface area (Å²) in [5.74, 6) is 1.72. The number of benzene rings is 3. The van der Waals surface area contributed by atoms with Crippen molar-refractivity contribution in [3.05, 3.63) is 71.3 Å². The van der Waals surface area contributed by atoms with E-state index in [9.17, 15) is 9.59 Å². The molecular formula is C24H18N2O8. The van der Waals surface area contributed by atoms with Gasteiger partial charge in [-0.3, -0.25) is 4.79 Å². The largest absolute Gasteiger partial charge is 0.493 e. The van der Waals surface area contributed by atoms with E-state index in [1.165, 1.54) is 13.3 Å². The van der Waals surface area contributed by atoms with E-state index in [-0.39, 0.29) is 19.3 Å². The Hall–Kier alpha value is -4.73. The van der Waals surface area contributed by atoms with Gasteiger partial charge in [0.05, 0.1) is 18.9 Å². The van der Waals surface area contributed by atoms with Gasteiger partial charge >= 0.3 is 5.97 Å². The van der Waals surface area contributed by atoms with E-state index in [0.29, 0.717) is 45.4 Å². The highest BCUT2D eigenvalue weighted by Crippen LogP contribution is 2.34. The molecule has 0 fully saturated rings. The van der Waals surface area contributed by atoms with Crippen molar-refractivity contribution in [2.45, 2.75) is 0 Å². The third-order valence-corrected chi connectivity index (χ3v) is 5.01. The fourth-order valence-electron chi connectivity index (χ4n) is 3.30. The minimum absolute atomic E-state index is 0.113. The van der Waals surface area contributed by atoms with Gasteiger partial charge in [-0.2, -0.15) is 5.10 Å². The highest BCUT2D eigenvalue weighted by Gasteiger charge is 2.19. The smallest absolute Gasteiger partial charge is 0.343 e. The van der Waals surface area contributed by atoms with E-state index in [4.69, 9.17) is 28.4 Å². The number of rotatable bonds is 6. The van der Waals surface area contributed by atoms with Crippen molar-refractivity contribution < 1.29 is 38.0 Å². The van der Waals surface area contributed by atoms with Gasteiger partial charge in [0.25, 0.3) is 5.91 Å². The molecule has 3 aromatic carbocycles. The summed E-state index contributed by atoms with van der Waals surface area (Å²) in [6.45, 7) is 0.240. The maximum absolute atomic E-state index is 12.6. The molecule has 0 unspecified atom stereocenters. The summed E-state index contributed by atoms with van der Waals surface area (Å²) in [6, 6.07) is 14.5. The Morgan fingerprint density at radius 2 is 1.47 bits per heavy atom. The zero-order valence-corrected chi connectivity index (χ0v) is 17.9. The summed E-state index contributed by atoms with van der Waals surface area (Å²) < 4.78 is 31.9. The van der Waals surface area contributed by atoms with Gasteiger partial charge in [0.15, 0.2) is 34.5 Å². The molecule has 2 heterocycles. The van der Waals surface area contributed by atoms with Gasteiger partial charge in [-0.25, -0.2) is 10.2 Å². The van der Waals surface area contributed by atoms with Crippen LogP contribution in [-0.4, -0.2) is 38.8 Å². The van der Waals surface area contributed by atoms with Gasteiger partial charge in [-0.15, -0.1) is 0 Å². The summed E-state index contributed by atoms with van der Waals surface area (Å²) in [4.78, 5) is 24.9. The van der Waals surface area contributed by atoms with Crippen LogP contribution < -0.4 is 33.8 Å². The lowest BCUT2D eigenvalue weighted by Crippen LogP contribution is -2.17. The number of fused-ring (bicyclic) bond motifs is 2. The first kappa shape index (κ1) is 21.1. The maximum atomic E-state index is 12.6. The average Bonchev–Trinajstić information content (AvgIpc) is 3.53. The number of carbonyl (C=O) groups excluding carboxylic acids is 2. The van der Waals surface area contributed by atoms with Gasteiger partial charge in [0.2, 0.25) is 13.6 Å². The van der Waals surface area contributed by atoms with Crippen LogP contribution in [0.15, 0.2) is 59.7 Å². The normalized spacial score (nSPS) is 13.1. The minimum atomic E-state index is -0.575. The molecule has 2 aliphatic heterocycles. The van der Waals surface area contributed by atoms with Crippen LogP contribution in [0.5, 0.6) is 34.5 Å². The topological polar surface area (TPSA) is 114 Å². The highest BCUT2D eigenvalue weighted by atomic mass is 16.7. The molecule has 0 saturated carbocycles. The van der Waals surface area contributed by atoms with E-state index in [2.05, 4.69) is 10.5 Å². The molecule has 1 N–H and O–H groups in total. The van der Waals surface area contributed by atoms with Crippen molar-refractivity contribution in [1.29, 1.82) is 0 Å². The predicted octanol–water partition coefficient (Wildman–Crippen LogP) is 3.14. The van der Waals surface area contributed by atoms with Gasteiger partial charge in [0, 0.05) is 5.56 Å². The summed E-state index contributed by atoms with van der Waals surface area (Å²) in [6.07, 6.45) is 1.44. The van der Waals surface area contributed by atoms with E-state index in [0.717, 1.165) is 0 Å². The lowest BCUT2D eigenvalue weighted by molar-refractivity contribution is 0.0729. The second-order valence-corrected chi connectivity index (χ2v) is 7.14. The Labute approximate surface area is 193 Å². The molecule has 0 bridgehead atoms. The number of hydrogen-bond donors (Lipinski definition) is 1. The Morgan fingerprint density at radius 1 is 0.824 bits per heavy atom. The molecule has 10 heteroatoms. The molecule has 2 aliphatic rings. The zero-order chi connectivity index (χ0) is 23.5. The number of methoxy groups -OCH3 is 1. The van der Waals surface area contributed by atoms with E-state index >= 15 is 0 Å². The van der Waals surface area contributed by atoms with Crippen LogP contribution in [0.4, 0.5) is 0 Å². The number of ether oxygens (including phenoxy) is 6. The van der Waals surface area contributed by atoms with Crippen LogP contribution in [0.3, 0.4) is 0 Å². The van der Waals surface area contributed by atoms with Gasteiger partial charge in [-0.05, 0) is 60.2 Å². The molecule has 0 atom stereocenters. The van der Waals surface area contributed by atoms with Crippen LogP contribution in [0, 0.1) is 0 Å². The van der Waals surface area contributed by atoms with Gasteiger partial charge in [0.1, 0.15) is 0 Å². The van der Waals surface area contributed by atoms with Crippen LogP contribution in [0.1, 0.15) is 26.3 Å². The van der Waals surface area contributed by atoms with Gasteiger partial charge in [-0.1, -0.05) is 0 Å². The second kappa shape index (κ2) is 9.02. The molecule has 172 valence electrons. The molecule has 0 aliphatic carbocycles. The SMILES string of the molecule is COc1cc(/C=N/NC(=O)c2ccc3c(c2)OCO3)ccc1OC(=O)c1ccc2c(c1)OCO2. The number of amides is 1. The lowest BCUT2D eigenvalue weighted by atomic mass is 10.2. The zero-order valence-electron chi connectivity index (χ0n) is 17.9. The molecular weight excluding hydrogens is 444 g/mol. The quantitative estimate of drug-likeness (QED) is 0.257. The standard InChI is InChI=1S/C24H18N2O8/c1-29-20-8-14(11-25-26-23(27)15-3-6-17-21(9-15)32-12-30-17)2-5-19(20)34-24(28)16-4-7-18-22(10-16)33-13-31-18/h2-11H,12-13H2,1H3,(H,26,27)/b25-11+. The van der Waals surface area contributed by atoms with E-state index in [1.54, 1.807) is 54.6 Å². The van der Waals surface area contributed by atoms with Crippen LogP contribution >= 0.6 is 0 Å². The molecule has 34 heavy (non-hydrogen) atoms. The Kier molecular flexibility index (Phi) is 5.61. The third-order valence-electron chi connectivity index (χ3n) is 5.01. The van der Waals surface area contributed by atoms with Crippen molar-refractivity contribution in [3.63, 3.8) is 0 Å². The van der Waals surface area contributed by atoms with Crippen LogP contribution in [-0.2, 0) is 0 Å². The van der Waals surface area contributed by atoms with E-state index < -0.39 is 11.9 Å². The summed E-state index contributed by atoms with van der Waals surface area (Å²) in [5.41, 5.74) is 3.76. The average molecular weight is 462 g/mol. The Morgan fingerprint density at radius 3 is 2.18 bits per heavy atom. The molecule has 3 aromatic rings. The number of carbonyl (C=O) groups is 2. The summed E-state index contributed by atoms with van der Waals surface area (Å²) >= 11 is 0.